The molecule has 1 aliphatic carbocycles. The van der Waals surface area contributed by atoms with E-state index in [1.54, 1.807) is 0 Å². The standard InChI is InChI=1S/C8H15N5/c9-6-8-10-11-12-13(8)7-4-2-1-3-5-7/h7H,1-6,9H2. The summed E-state index contributed by atoms with van der Waals surface area (Å²) in [5.74, 6) is 0.812. The van der Waals surface area contributed by atoms with Gasteiger partial charge in [-0.3, -0.25) is 0 Å². The molecule has 1 heterocycles. The first-order valence-corrected chi connectivity index (χ1v) is 4.88. The van der Waals surface area contributed by atoms with Crippen molar-refractivity contribution in [2.24, 2.45) is 5.73 Å². The van der Waals surface area contributed by atoms with E-state index in [2.05, 4.69) is 15.5 Å². The molecule has 1 fully saturated rings. The van der Waals surface area contributed by atoms with E-state index in [1.807, 2.05) is 4.68 Å². The van der Waals surface area contributed by atoms with Gasteiger partial charge in [0.1, 0.15) is 0 Å². The number of nitrogens with zero attached hydrogens (tertiary/aromatic N) is 4. The van der Waals surface area contributed by atoms with Gasteiger partial charge in [0, 0.05) is 0 Å². The molecule has 13 heavy (non-hydrogen) atoms. The molecule has 5 heteroatoms. The SMILES string of the molecule is NCc1nnnn1C1CCCCC1. The molecular weight excluding hydrogens is 166 g/mol. The van der Waals surface area contributed by atoms with Gasteiger partial charge >= 0.3 is 0 Å². The van der Waals surface area contributed by atoms with Crippen molar-refractivity contribution in [3.8, 4) is 0 Å². The van der Waals surface area contributed by atoms with Crippen LogP contribution in [0.2, 0.25) is 0 Å². The predicted molar refractivity (Wildman–Crippen MR) is 47.8 cm³/mol. The molecule has 0 radical (unpaired) electrons. The van der Waals surface area contributed by atoms with Gasteiger partial charge in [-0.05, 0) is 23.3 Å². The van der Waals surface area contributed by atoms with Gasteiger partial charge in [-0.15, -0.1) is 5.10 Å². The minimum atomic E-state index is 0.434. The fourth-order valence-electron chi connectivity index (χ4n) is 1.96. The fourth-order valence-corrected chi connectivity index (χ4v) is 1.96. The Hall–Kier alpha value is -0.970. The highest BCUT2D eigenvalue weighted by Gasteiger charge is 2.18. The van der Waals surface area contributed by atoms with Crippen LogP contribution in [0.15, 0.2) is 0 Å². The van der Waals surface area contributed by atoms with E-state index >= 15 is 0 Å². The summed E-state index contributed by atoms with van der Waals surface area (Å²) in [5, 5.41) is 11.5. The molecule has 0 spiro atoms. The molecule has 1 aliphatic rings. The van der Waals surface area contributed by atoms with Crippen LogP contribution in [-0.4, -0.2) is 20.2 Å². The Labute approximate surface area is 77.3 Å². The number of rotatable bonds is 2. The Morgan fingerprint density at radius 3 is 2.77 bits per heavy atom. The van der Waals surface area contributed by atoms with Gasteiger partial charge in [0.15, 0.2) is 5.82 Å². The average Bonchev–Trinajstić information content (AvgIpc) is 2.67. The van der Waals surface area contributed by atoms with Gasteiger partial charge in [-0.25, -0.2) is 4.68 Å². The van der Waals surface area contributed by atoms with Crippen LogP contribution < -0.4 is 5.73 Å². The third-order valence-corrected chi connectivity index (χ3v) is 2.66. The summed E-state index contributed by atoms with van der Waals surface area (Å²) in [7, 11) is 0. The van der Waals surface area contributed by atoms with Gasteiger partial charge in [0.2, 0.25) is 0 Å². The second-order valence-electron chi connectivity index (χ2n) is 3.54. The second-order valence-corrected chi connectivity index (χ2v) is 3.54. The van der Waals surface area contributed by atoms with Crippen LogP contribution in [-0.2, 0) is 6.54 Å². The molecule has 5 nitrogen and oxygen atoms in total. The van der Waals surface area contributed by atoms with Crippen molar-refractivity contribution in [3.05, 3.63) is 5.82 Å². The summed E-state index contributed by atoms with van der Waals surface area (Å²) in [6.07, 6.45) is 6.30. The van der Waals surface area contributed by atoms with Crippen molar-refractivity contribution >= 4 is 0 Å². The van der Waals surface area contributed by atoms with Crippen molar-refractivity contribution in [1.82, 2.24) is 20.2 Å². The van der Waals surface area contributed by atoms with E-state index in [9.17, 15) is 0 Å². The summed E-state index contributed by atoms with van der Waals surface area (Å²) >= 11 is 0. The molecule has 0 saturated heterocycles. The monoisotopic (exact) mass is 181 g/mol. The van der Waals surface area contributed by atoms with Gasteiger partial charge < -0.3 is 5.73 Å². The lowest BCUT2D eigenvalue weighted by atomic mass is 9.96. The van der Waals surface area contributed by atoms with Crippen molar-refractivity contribution in [2.75, 3.05) is 0 Å². The molecule has 1 aromatic rings. The predicted octanol–water partition coefficient (Wildman–Crippen LogP) is 0.637. The Balaban J connectivity index is 2.13. The zero-order valence-electron chi connectivity index (χ0n) is 7.69. The molecule has 72 valence electrons. The molecule has 0 amide bonds. The topological polar surface area (TPSA) is 69.6 Å². The molecule has 0 atom stereocenters. The number of nitrogens with two attached hydrogens (primary N) is 1. The minimum Gasteiger partial charge on any atom is -0.324 e. The van der Waals surface area contributed by atoms with Gasteiger partial charge in [0.25, 0.3) is 0 Å². The van der Waals surface area contributed by atoms with Crippen LogP contribution in [0.4, 0.5) is 0 Å². The molecular formula is C8H15N5. The zero-order valence-corrected chi connectivity index (χ0v) is 7.69. The van der Waals surface area contributed by atoms with Crippen LogP contribution in [0.3, 0.4) is 0 Å². The van der Waals surface area contributed by atoms with E-state index in [0.717, 1.165) is 5.82 Å². The Morgan fingerprint density at radius 1 is 1.31 bits per heavy atom. The maximum absolute atomic E-state index is 5.54. The summed E-state index contributed by atoms with van der Waals surface area (Å²) in [4.78, 5) is 0. The first-order valence-electron chi connectivity index (χ1n) is 4.88. The molecule has 0 bridgehead atoms. The van der Waals surface area contributed by atoms with Crippen molar-refractivity contribution in [2.45, 2.75) is 44.7 Å². The molecule has 2 rings (SSSR count). The van der Waals surface area contributed by atoms with Gasteiger partial charge in [-0.2, -0.15) is 0 Å². The van der Waals surface area contributed by atoms with Crippen LogP contribution >= 0.6 is 0 Å². The quantitative estimate of drug-likeness (QED) is 0.726. The highest BCUT2D eigenvalue weighted by molar-refractivity contribution is 4.84. The second kappa shape index (κ2) is 3.83. The maximum Gasteiger partial charge on any atom is 0.165 e. The maximum atomic E-state index is 5.54. The fraction of sp³-hybridized carbons (Fsp3) is 0.875. The summed E-state index contributed by atoms with van der Waals surface area (Å²) in [5.41, 5.74) is 5.54. The van der Waals surface area contributed by atoms with Crippen LogP contribution in [0.5, 0.6) is 0 Å². The third-order valence-electron chi connectivity index (χ3n) is 2.66. The zero-order chi connectivity index (χ0) is 9.10. The van der Waals surface area contributed by atoms with E-state index in [4.69, 9.17) is 5.73 Å². The summed E-state index contributed by atoms with van der Waals surface area (Å²) in [6.45, 7) is 0.434. The Morgan fingerprint density at radius 2 is 2.08 bits per heavy atom. The van der Waals surface area contributed by atoms with Crippen LogP contribution in [0, 0.1) is 0 Å². The Bertz CT molecular complexity index is 263. The largest absolute Gasteiger partial charge is 0.324 e. The number of hydrogen-bond donors (Lipinski definition) is 1. The Kier molecular flexibility index (Phi) is 2.54. The molecule has 0 unspecified atom stereocenters. The smallest absolute Gasteiger partial charge is 0.165 e. The summed E-state index contributed by atoms with van der Waals surface area (Å²) in [6, 6.07) is 0.488. The van der Waals surface area contributed by atoms with Crippen molar-refractivity contribution in [1.29, 1.82) is 0 Å². The highest BCUT2D eigenvalue weighted by atomic mass is 15.5. The van der Waals surface area contributed by atoms with E-state index in [1.165, 1.54) is 32.1 Å². The lowest BCUT2D eigenvalue weighted by Crippen LogP contribution is -2.18. The van der Waals surface area contributed by atoms with Gasteiger partial charge in [0.05, 0.1) is 12.6 Å². The first kappa shape index (κ1) is 8.62. The van der Waals surface area contributed by atoms with Gasteiger partial charge in [-0.1, -0.05) is 19.3 Å². The van der Waals surface area contributed by atoms with E-state index in [0.29, 0.717) is 12.6 Å². The highest BCUT2D eigenvalue weighted by Crippen LogP contribution is 2.27. The molecule has 1 aromatic heterocycles. The van der Waals surface area contributed by atoms with Crippen LogP contribution in [0.1, 0.15) is 44.0 Å². The molecule has 2 N–H and O–H groups in total. The molecule has 0 aliphatic heterocycles. The molecule has 1 saturated carbocycles. The third kappa shape index (κ3) is 1.70. The van der Waals surface area contributed by atoms with Crippen molar-refractivity contribution in [3.63, 3.8) is 0 Å². The lowest BCUT2D eigenvalue weighted by Gasteiger charge is -2.21. The number of aromatic nitrogens is 4. The first-order chi connectivity index (χ1) is 6.42. The van der Waals surface area contributed by atoms with Crippen molar-refractivity contribution < 1.29 is 0 Å². The van der Waals surface area contributed by atoms with E-state index < -0.39 is 0 Å². The normalized spacial score (nSPS) is 19.2. The summed E-state index contributed by atoms with van der Waals surface area (Å²) < 4.78 is 1.90. The number of tetrazole rings is 1. The average molecular weight is 181 g/mol. The number of hydrogen-bond acceptors (Lipinski definition) is 4. The lowest BCUT2D eigenvalue weighted by molar-refractivity contribution is 0.317. The van der Waals surface area contributed by atoms with Crippen LogP contribution in [0.25, 0.3) is 0 Å². The molecule has 0 aromatic carbocycles. The van der Waals surface area contributed by atoms with E-state index in [-0.39, 0.29) is 0 Å². The minimum absolute atomic E-state index is 0.434.